The fraction of sp³-hybridized carbons (Fsp3) is 0.421. The van der Waals surface area contributed by atoms with Crippen LogP contribution in [0, 0.1) is 19.8 Å². The summed E-state index contributed by atoms with van der Waals surface area (Å²) in [5, 5.41) is 5.02. The number of rotatable bonds is 6. The van der Waals surface area contributed by atoms with Gasteiger partial charge < -0.3 is 0 Å². The largest absolute Gasteiger partial charge is 0.273 e. The molecule has 2 amide bonds. The predicted molar refractivity (Wildman–Crippen MR) is 102 cm³/mol. The van der Waals surface area contributed by atoms with Gasteiger partial charge in [0.25, 0.3) is 5.91 Å². The highest BCUT2D eigenvalue weighted by molar-refractivity contribution is 6.30. The van der Waals surface area contributed by atoms with Gasteiger partial charge in [0.15, 0.2) is 0 Å². The lowest BCUT2D eigenvalue weighted by molar-refractivity contribution is -0.121. The summed E-state index contributed by atoms with van der Waals surface area (Å²) in [5.74, 6) is -0.153. The minimum absolute atomic E-state index is 0.254. The number of carbonyl (C=O) groups is 2. The Bertz CT molecular complexity index is 799. The molecule has 1 aromatic heterocycles. The molecule has 0 unspecified atom stereocenters. The first-order chi connectivity index (χ1) is 12.3. The number of carbonyl (C=O) groups excluding carboxylic acids is 2. The molecule has 0 atom stereocenters. The number of aromatic nitrogens is 2. The predicted octanol–water partition coefficient (Wildman–Crippen LogP) is 3.20. The SMILES string of the molecule is Cc1nn(CC(C)C)c(C)c1CCC(=O)NNC(=O)c1cccc(Cl)c1. The van der Waals surface area contributed by atoms with Crippen molar-refractivity contribution in [1.29, 1.82) is 0 Å². The lowest BCUT2D eigenvalue weighted by Crippen LogP contribution is -2.41. The maximum absolute atomic E-state index is 12.0. The van der Waals surface area contributed by atoms with Crippen LogP contribution in [0.2, 0.25) is 5.02 Å². The number of hydrogen-bond acceptors (Lipinski definition) is 3. The van der Waals surface area contributed by atoms with Crippen molar-refractivity contribution >= 4 is 23.4 Å². The Morgan fingerprint density at radius 3 is 2.62 bits per heavy atom. The summed E-state index contributed by atoms with van der Waals surface area (Å²) in [5.41, 5.74) is 8.35. The zero-order valence-electron chi connectivity index (χ0n) is 15.6. The van der Waals surface area contributed by atoms with Crippen molar-refractivity contribution in [3.63, 3.8) is 0 Å². The number of aryl methyl sites for hydroxylation is 1. The van der Waals surface area contributed by atoms with E-state index in [9.17, 15) is 9.59 Å². The Labute approximate surface area is 158 Å². The molecule has 2 N–H and O–H groups in total. The standard InChI is InChI=1S/C19H25ClN4O2/c1-12(2)11-24-14(4)17(13(3)23-24)8-9-18(25)21-22-19(26)15-6-5-7-16(20)10-15/h5-7,10,12H,8-9,11H2,1-4H3,(H,21,25)(H,22,26). The summed E-state index contributed by atoms with van der Waals surface area (Å²) in [7, 11) is 0. The van der Waals surface area contributed by atoms with Crippen LogP contribution in [0.5, 0.6) is 0 Å². The van der Waals surface area contributed by atoms with Crippen LogP contribution in [0.4, 0.5) is 0 Å². The van der Waals surface area contributed by atoms with E-state index < -0.39 is 5.91 Å². The molecule has 0 radical (unpaired) electrons. The molecule has 0 fully saturated rings. The third kappa shape index (κ3) is 5.33. The van der Waals surface area contributed by atoms with Gasteiger partial charge >= 0.3 is 0 Å². The molecule has 0 saturated heterocycles. The first kappa shape index (κ1) is 20.0. The fourth-order valence-corrected chi connectivity index (χ4v) is 2.94. The van der Waals surface area contributed by atoms with Gasteiger partial charge in [-0.3, -0.25) is 25.1 Å². The van der Waals surface area contributed by atoms with E-state index in [2.05, 4.69) is 29.8 Å². The number of hydrazine groups is 1. The average molecular weight is 377 g/mol. The molecular formula is C19H25ClN4O2. The minimum atomic E-state index is -0.405. The maximum Gasteiger partial charge on any atom is 0.269 e. The first-order valence-corrected chi connectivity index (χ1v) is 9.03. The van der Waals surface area contributed by atoms with Gasteiger partial charge in [0, 0.05) is 29.2 Å². The van der Waals surface area contributed by atoms with E-state index in [1.165, 1.54) is 0 Å². The van der Waals surface area contributed by atoms with E-state index in [0.29, 0.717) is 22.9 Å². The Morgan fingerprint density at radius 1 is 1.23 bits per heavy atom. The van der Waals surface area contributed by atoms with E-state index in [0.717, 1.165) is 23.5 Å². The monoisotopic (exact) mass is 376 g/mol. The van der Waals surface area contributed by atoms with Gasteiger partial charge in [-0.1, -0.05) is 31.5 Å². The molecule has 0 aliphatic carbocycles. The molecule has 26 heavy (non-hydrogen) atoms. The lowest BCUT2D eigenvalue weighted by atomic mass is 10.1. The van der Waals surface area contributed by atoms with Crippen LogP contribution in [0.15, 0.2) is 24.3 Å². The summed E-state index contributed by atoms with van der Waals surface area (Å²) >= 11 is 5.86. The normalized spacial score (nSPS) is 10.8. The quantitative estimate of drug-likeness (QED) is 0.760. The molecule has 1 heterocycles. The van der Waals surface area contributed by atoms with E-state index in [1.54, 1.807) is 24.3 Å². The highest BCUT2D eigenvalue weighted by Crippen LogP contribution is 2.16. The summed E-state index contributed by atoms with van der Waals surface area (Å²) in [4.78, 5) is 24.0. The first-order valence-electron chi connectivity index (χ1n) is 8.65. The molecular weight excluding hydrogens is 352 g/mol. The smallest absolute Gasteiger partial charge is 0.269 e. The van der Waals surface area contributed by atoms with Crippen LogP contribution in [0.25, 0.3) is 0 Å². The highest BCUT2D eigenvalue weighted by Gasteiger charge is 2.14. The van der Waals surface area contributed by atoms with Crippen molar-refractivity contribution < 1.29 is 9.59 Å². The van der Waals surface area contributed by atoms with Crippen LogP contribution in [-0.4, -0.2) is 21.6 Å². The number of amides is 2. The van der Waals surface area contributed by atoms with E-state index in [-0.39, 0.29) is 12.3 Å². The molecule has 0 saturated carbocycles. The highest BCUT2D eigenvalue weighted by atomic mass is 35.5. The number of benzene rings is 1. The molecule has 2 rings (SSSR count). The van der Waals surface area contributed by atoms with E-state index in [4.69, 9.17) is 11.6 Å². The Hall–Kier alpha value is -2.34. The van der Waals surface area contributed by atoms with Gasteiger partial charge in [-0.05, 0) is 49.9 Å². The van der Waals surface area contributed by atoms with Crippen LogP contribution in [0.1, 0.15) is 47.6 Å². The van der Waals surface area contributed by atoms with E-state index in [1.807, 2.05) is 18.5 Å². The third-order valence-corrected chi connectivity index (χ3v) is 4.31. The lowest BCUT2D eigenvalue weighted by Gasteiger charge is -2.09. The number of nitrogens with one attached hydrogen (secondary N) is 2. The summed E-state index contributed by atoms with van der Waals surface area (Å²) in [6.45, 7) is 9.13. The number of hydrogen-bond donors (Lipinski definition) is 2. The van der Waals surface area contributed by atoms with Gasteiger partial charge in [-0.2, -0.15) is 5.10 Å². The molecule has 7 heteroatoms. The fourth-order valence-electron chi connectivity index (χ4n) is 2.75. The van der Waals surface area contributed by atoms with Crippen molar-refractivity contribution in [2.75, 3.05) is 0 Å². The zero-order valence-corrected chi connectivity index (χ0v) is 16.4. The molecule has 0 aliphatic rings. The van der Waals surface area contributed by atoms with Gasteiger partial charge in [-0.15, -0.1) is 0 Å². The third-order valence-electron chi connectivity index (χ3n) is 4.07. The molecule has 0 aliphatic heterocycles. The van der Waals surface area contributed by atoms with Crippen molar-refractivity contribution in [1.82, 2.24) is 20.6 Å². The second kappa shape index (κ2) is 8.85. The summed E-state index contributed by atoms with van der Waals surface area (Å²) < 4.78 is 1.99. The molecule has 0 bridgehead atoms. The van der Waals surface area contributed by atoms with Crippen LogP contribution in [0.3, 0.4) is 0 Å². The Balaban J connectivity index is 1.87. The van der Waals surface area contributed by atoms with Gasteiger partial charge in [0.2, 0.25) is 5.91 Å². The van der Waals surface area contributed by atoms with Crippen molar-refractivity contribution in [2.45, 2.75) is 47.1 Å². The van der Waals surface area contributed by atoms with Crippen molar-refractivity contribution in [2.24, 2.45) is 5.92 Å². The second-order valence-corrected chi connectivity index (χ2v) is 7.17. The number of halogens is 1. The van der Waals surface area contributed by atoms with Gasteiger partial charge in [0.1, 0.15) is 0 Å². The van der Waals surface area contributed by atoms with Crippen molar-refractivity contribution in [3.8, 4) is 0 Å². The Morgan fingerprint density at radius 2 is 1.96 bits per heavy atom. The summed E-state index contributed by atoms with van der Waals surface area (Å²) in [6.07, 6.45) is 0.847. The summed E-state index contributed by atoms with van der Waals surface area (Å²) in [6, 6.07) is 6.53. The minimum Gasteiger partial charge on any atom is -0.273 e. The number of nitrogens with zero attached hydrogens (tertiary/aromatic N) is 2. The zero-order chi connectivity index (χ0) is 19.3. The molecule has 2 aromatic rings. The van der Waals surface area contributed by atoms with Crippen LogP contribution < -0.4 is 10.9 Å². The molecule has 6 nitrogen and oxygen atoms in total. The second-order valence-electron chi connectivity index (χ2n) is 6.74. The van der Waals surface area contributed by atoms with Gasteiger partial charge in [0.05, 0.1) is 5.69 Å². The van der Waals surface area contributed by atoms with Crippen molar-refractivity contribution in [3.05, 3.63) is 51.8 Å². The van der Waals surface area contributed by atoms with Crippen LogP contribution in [-0.2, 0) is 17.8 Å². The molecule has 1 aromatic carbocycles. The van der Waals surface area contributed by atoms with E-state index >= 15 is 0 Å². The Kier molecular flexibility index (Phi) is 6.80. The molecule has 0 spiro atoms. The molecule has 140 valence electrons. The maximum atomic E-state index is 12.0. The van der Waals surface area contributed by atoms with Gasteiger partial charge in [-0.25, -0.2) is 0 Å². The topological polar surface area (TPSA) is 76.0 Å². The average Bonchev–Trinajstić information content (AvgIpc) is 2.83. The van der Waals surface area contributed by atoms with Crippen LogP contribution >= 0.6 is 11.6 Å².